The Morgan fingerprint density at radius 3 is 1.73 bits per heavy atom. The molecule has 4 radical (unpaired) electrons. The van der Waals surface area contributed by atoms with E-state index in [0.717, 1.165) is 17.7 Å². The Morgan fingerprint density at radius 2 is 1.39 bits per heavy atom. The van der Waals surface area contributed by atoms with Gasteiger partial charge >= 0.3 is 23.0 Å². The molecule has 3 aromatic rings. The van der Waals surface area contributed by atoms with Crippen molar-refractivity contribution >= 4 is 47.1 Å². The first-order chi connectivity index (χ1) is 15.3. The van der Waals surface area contributed by atoms with Gasteiger partial charge in [0.05, 0.1) is 36.0 Å². The van der Waals surface area contributed by atoms with Gasteiger partial charge in [-0.05, 0) is 36.3 Å². The number of benzene rings is 1. The Morgan fingerprint density at radius 1 is 0.939 bits per heavy atom. The van der Waals surface area contributed by atoms with Gasteiger partial charge in [0, 0.05) is 12.4 Å². The largest absolute Gasteiger partial charge is 2.00 e. The summed E-state index contributed by atoms with van der Waals surface area (Å²) >= 11 is 0. The third-order valence-corrected chi connectivity index (χ3v) is 3.43. The summed E-state index contributed by atoms with van der Waals surface area (Å²) < 4.78 is 0. The minimum atomic E-state index is -1.22. The number of carbonyl (C=O) groups is 3. The van der Waals surface area contributed by atoms with E-state index >= 15 is 0 Å². The molecule has 0 aliphatic carbocycles. The van der Waals surface area contributed by atoms with Gasteiger partial charge in [0.2, 0.25) is 0 Å². The molecular weight excluding hydrogens is 497 g/mol. The molecule has 172 valence electrons. The van der Waals surface area contributed by atoms with Gasteiger partial charge in [-0.2, -0.15) is 0 Å². The summed E-state index contributed by atoms with van der Waals surface area (Å²) in [7, 11) is 0. The number of aromatic nitrogens is 4. The van der Waals surface area contributed by atoms with E-state index in [2.05, 4.69) is 19.9 Å². The number of nitrogens with two attached hydrogens (primary N) is 1. The van der Waals surface area contributed by atoms with E-state index in [9.17, 15) is 24.6 Å². The van der Waals surface area contributed by atoms with Crippen molar-refractivity contribution in [1.82, 2.24) is 19.9 Å². The second kappa shape index (κ2) is 16.7. The van der Waals surface area contributed by atoms with Gasteiger partial charge in [-0.3, -0.25) is 4.79 Å². The maximum absolute atomic E-state index is 10.4. The Kier molecular flexibility index (Phi) is 14.7. The third-order valence-electron chi connectivity index (χ3n) is 3.43. The van der Waals surface area contributed by atoms with E-state index in [1.807, 2.05) is 30.3 Å². The fourth-order valence-electron chi connectivity index (χ4n) is 1.99. The second-order valence-corrected chi connectivity index (χ2v) is 5.93. The minimum absolute atomic E-state index is 0. The van der Waals surface area contributed by atoms with E-state index in [1.165, 1.54) is 24.8 Å². The van der Waals surface area contributed by atoms with Crippen LogP contribution in [0.15, 0.2) is 67.5 Å². The number of hydrogen-bond acceptors (Lipinski definition) is 8. The number of H-pyrrole nitrogens is 2. The van der Waals surface area contributed by atoms with Crippen LogP contribution in [0.25, 0.3) is 12.2 Å². The van der Waals surface area contributed by atoms with Crippen LogP contribution in [0.1, 0.15) is 17.0 Å². The van der Waals surface area contributed by atoms with Crippen LogP contribution >= 0.6 is 0 Å². The number of aromatic amines is 2. The van der Waals surface area contributed by atoms with E-state index in [4.69, 9.17) is 10.8 Å². The summed E-state index contributed by atoms with van der Waals surface area (Å²) in [6.07, 6.45) is 11.0. The number of carbonyl (C=O) groups excluding carboxylic acids is 2. The average Bonchev–Trinajstić information content (AvgIpc) is 3.46. The van der Waals surface area contributed by atoms with E-state index in [-0.39, 0.29) is 17.1 Å². The quantitative estimate of drug-likeness (QED) is 0.215. The maximum Gasteiger partial charge on any atom is 2.00 e. The molecule has 1 atom stereocenters. The molecule has 11 nitrogen and oxygen atoms in total. The van der Waals surface area contributed by atoms with Crippen LogP contribution in [0.3, 0.4) is 0 Å². The van der Waals surface area contributed by atoms with Crippen LogP contribution in [0.4, 0.5) is 0 Å². The molecule has 0 fully saturated rings. The number of rotatable bonds is 7. The zero-order chi connectivity index (χ0) is 23.8. The van der Waals surface area contributed by atoms with Crippen molar-refractivity contribution in [3.8, 4) is 0 Å². The second-order valence-electron chi connectivity index (χ2n) is 5.93. The maximum atomic E-state index is 10.4. The van der Waals surface area contributed by atoms with Crippen molar-refractivity contribution in [2.45, 2.75) is 12.5 Å². The van der Waals surface area contributed by atoms with Crippen molar-refractivity contribution in [2.75, 3.05) is 0 Å². The first kappa shape index (κ1) is 29.0. The van der Waals surface area contributed by atoms with Gasteiger partial charge in [-0.15, -0.1) is 0 Å². The zero-order valence-electron chi connectivity index (χ0n) is 17.2. The van der Waals surface area contributed by atoms with E-state index in [1.54, 1.807) is 12.4 Å². The SMILES string of the molecule is N[C@@H](Cc1ccccc1)C(=O)O.O=C([O-])C=Cc1c[nH]cn1.O=C([O-])C=Cc1c[nH]cn1.[Se+2]. The predicted octanol–water partition coefficient (Wildman–Crippen LogP) is -1.39. The molecule has 5 N–H and O–H groups in total. The first-order valence-corrected chi connectivity index (χ1v) is 9.06. The van der Waals surface area contributed by atoms with Crippen molar-refractivity contribution in [2.24, 2.45) is 5.73 Å². The van der Waals surface area contributed by atoms with E-state index < -0.39 is 23.9 Å². The number of hydrogen-bond donors (Lipinski definition) is 4. The normalized spacial score (nSPS) is 10.8. The van der Waals surface area contributed by atoms with Crippen LogP contribution in [-0.4, -0.2) is 66.1 Å². The fourth-order valence-corrected chi connectivity index (χ4v) is 1.99. The molecule has 12 heteroatoms. The molecule has 0 saturated carbocycles. The number of nitrogens with zero attached hydrogens (tertiary/aromatic N) is 2. The Bertz CT molecular complexity index is 951. The van der Waals surface area contributed by atoms with Crippen LogP contribution < -0.4 is 15.9 Å². The number of nitrogens with one attached hydrogen (secondary N) is 2. The first-order valence-electron chi connectivity index (χ1n) is 9.06. The van der Waals surface area contributed by atoms with Crippen LogP contribution in [0.5, 0.6) is 0 Å². The third kappa shape index (κ3) is 14.6. The number of carboxylic acids is 3. The summed E-state index contributed by atoms with van der Waals surface area (Å²) in [5.74, 6) is -3.40. The van der Waals surface area contributed by atoms with Gasteiger partial charge in [0.25, 0.3) is 0 Å². The standard InChI is InChI=1S/C9H11NO2.2C6H6N2O2.Se/c10-8(9(11)12)6-7-4-2-1-3-5-7;2*9-6(10)2-1-5-3-7-4-8-5;/h1-5,8H,6,10H2,(H,11,12);2*1-4H,(H,7,8)(H,9,10);/q;;;+2/p-2/t8-;;;/m0.../s1. The Hall–Kier alpha value is -3.99. The summed E-state index contributed by atoms with van der Waals surface area (Å²) in [5.41, 5.74) is 7.45. The molecule has 0 aliphatic rings. The van der Waals surface area contributed by atoms with Gasteiger partial charge in [0.15, 0.2) is 0 Å². The minimum Gasteiger partial charge on any atom is -0.545 e. The molecule has 0 aliphatic heterocycles. The topological polar surface area (TPSA) is 201 Å². The molecule has 0 bridgehead atoms. The molecule has 0 spiro atoms. The number of carboxylic acid groups (broad SMARTS) is 3. The smallest absolute Gasteiger partial charge is 0.545 e. The Balaban J connectivity index is 0.000000461. The van der Waals surface area contributed by atoms with Crippen molar-refractivity contribution < 1.29 is 29.7 Å². The fraction of sp³-hybridized carbons (Fsp3) is 0.0952. The van der Waals surface area contributed by atoms with Crippen molar-refractivity contribution in [3.05, 3.63) is 84.5 Å². The molecule has 2 heterocycles. The van der Waals surface area contributed by atoms with Gasteiger partial charge < -0.3 is 40.6 Å². The van der Waals surface area contributed by atoms with Crippen molar-refractivity contribution in [1.29, 1.82) is 0 Å². The van der Waals surface area contributed by atoms with Crippen LogP contribution in [-0.2, 0) is 20.8 Å². The zero-order valence-corrected chi connectivity index (χ0v) is 18.9. The number of imidazole rings is 2. The molecule has 0 amide bonds. The van der Waals surface area contributed by atoms with Gasteiger partial charge in [0.1, 0.15) is 6.04 Å². The molecule has 1 aromatic carbocycles. The monoisotopic (exact) mass is 519 g/mol. The molecule has 33 heavy (non-hydrogen) atoms. The Labute approximate surface area is 199 Å². The van der Waals surface area contributed by atoms with Gasteiger partial charge in [-0.25, -0.2) is 9.97 Å². The molecule has 2 aromatic heterocycles. The molecule has 0 unspecified atom stereocenters. The summed E-state index contributed by atoms with van der Waals surface area (Å²) in [5, 5.41) is 28.2. The number of aliphatic carboxylic acids is 3. The molecule has 0 saturated heterocycles. The summed E-state index contributed by atoms with van der Waals surface area (Å²) in [6, 6.07) is 8.54. The summed E-state index contributed by atoms with van der Waals surface area (Å²) in [6.45, 7) is 0. The van der Waals surface area contributed by atoms with Gasteiger partial charge in [-0.1, -0.05) is 30.3 Å². The predicted molar refractivity (Wildman–Crippen MR) is 117 cm³/mol. The molecular formula is C21H21N5O6Se. The van der Waals surface area contributed by atoms with Crippen LogP contribution in [0, 0.1) is 0 Å². The summed E-state index contributed by atoms with van der Waals surface area (Å²) in [4.78, 5) is 43.0. The van der Waals surface area contributed by atoms with E-state index in [0.29, 0.717) is 17.8 Å². The average molecular weight is 518 g/mol. The van der Waals surface area contributed by atoms with Crippen LogP contribution in [0.2, 0.25) is 0 Å². The van der Waals surface area contributed by atoms with Crippen molar-refractivity contribution in [3.63, 3.8) is 0 Å². The molecule has 3 rings (SSSR count).